The second-order valence-electron chi connectivity index (χ2n) is 6.40. The van der Waals surface area contributed by atoms with Crippen molar-refractivity contribution in [2.24, 2.45) is 5.92 Å². The standard InChI is InChI=1S/C17H21ClN2O2S/c1-22-15(21)11-4-7-13(18)14(10-11)19-16(23)20-17(12-5-6-12)8-2-3-9-17/h4,7,10,12H,2-3,5-6,8-9H2,1H3,(H2,19,20,23). The summed E-state index contributed by atoms with van der Waals surface area (Å²) < 4.78 is 4.74. The predicted molar refractivity (Wildman–Crippen MR) is 96.1 cm³/mol. The van der Waals surface area contributed by atoms with Gasteiger partial charge in [-0.15, -0.1) is 0 Å². The van der Waals surface area contributed by atoms with Crippen LogP contribution in [-0.4, -0.2) is 23.7 Å². The number of rotatable bonds is 4. The molecule has 2 fully saturated rings. The van der Waals surface area contributed by atoms with Gasteiger partial charge in [0.15, 0.2) is 5.11 Å². The largest absolute Gasteiger partial charge is 0.465 e. The summed E-state index contributed by atoms with van der Waals surface area (Å²) in [5.74, 6) is 0.343. The van der Waals surface area contributed by atoms with Crippen LogP contribution in [0.25, 0.3) is 0 Å². The normalized spacial score (nSPS) is 19.2. The molecule has 0 aliphatic heterocycles. The molecule has 23 heavy (non-hydrogen) atoms. The highest BCUT2D eigenvalue weighted by Crippen LogP contribution is 2.48. The Morgan fingerprint density at radius 2 is 2.04 bits per heavy atom. The zero-order chi connectivity index (χ0) is 16.4. The van der Waals surface area contributed by atoms with Gasteiger partial charge in [0.25, 0.3) is 0 Å². The topological polar surface area (TPSA) is 50.4 Å². The molecule has 0 atom stereocenters. The molecule has 3 rings (SSSR count). The van der Waals surface area contributed by atoms with Crippen molar-refractivity contribution in [1.82, 2.24) is 5.32 Å². The van der Waals surface area contributed by atoms with E-state index in [1.165, 1.54) is 45.6 Å². The van der Waals surface area contributed by atoms with Crippen molar-refractivity contribution in [2.75, 3.05) is 12.4 Å². The van der Waals surface area contributed by atoms with Crippen LogP contribution < -0.4 is 10.6 Å². The summed E-state index contributed by atoms with van der Waals surface area (Å²) in [7, 11) is 1.36. The summed E-state index contributed by atoms with van der Waals surface area (Å²) in [4.78, 5) is 11.6. The SMILES string of the molecule is COC(=O)c1ccc(Cl)c(NC(=S)NC2(C3CC3)CCCC2)c1. The lowest BCUT2D eigenvalue weighted by Crippen LogP contribution is -2.49. The molecule has 124 valence electrons. The van der Waals surface area contributed by atoms with Gasteiger partial charge in [-0.25, -0.2) is 4.79 Å². The molecule has 2 aliphatic carbocycles. The van der Waals surface area contributed by atoms with E-state index in [9.17, 15) is 4.79 Å². The Kier molecular flexibility index (Phi) is 4.78. The van der Waals surface area contributed by atoms with Gasteiger partial charge in [0, 0.05) is 5.54 Å². The number of ether oxygens (including phenoxy) is 1. The first kappa shape index (κ1) is 16.5. The lowest BCUT2D eigenvalue weighted by molar-refractivity contribution is 0.0601. The lowest BCUT2D eigenvalue weighted by atomic mass is 9.91. The van der Waals surface area contributed by atoms with Crippen LogP contribution in [0.2, 0.25) is 5.02 Å². The first-order chi connectivity index (χ1) is 11.0. The molecule has 0 spiro atoms. The maximum atomic E-state index is 11.6. The number of hydrogen-bond acceptors (Lipinski definition) is 3. The molecular formula is C17H21ClN2O2S. The number of esters is 1. The molecule has 0 saturated heterocycles. The number of nitrogens with one attached hydrogen (secondary N) is 2. The molecule has 4 nitrogen and oxygen atoms in total. The van der Waals surface area contributed by atoms with Crippen molar-refractivity contribution >= 4 is 40.6 Å². The van der Waals surface area contributed by atoms with Crippen molar-refractivity contribution in [2.45, 2.75) is 44.1 Å². The Balaban J connectivity index is 1.71. The van der Waals surface area contributed by atoms with Crippen molar-refractivity contribution in [3.05, 3.63) is 28.8 Å². The highest BCUT2D eigenvalue weighted by Gasteiger charge is 2.47. The molecule has 2 N–H and O–H groups in total. The number of halogens is 1. The van der Waals surface area contributed by atoms with Gasteiger partial charge in [-0.1, -0.05) is 24.4 Å². The molecular weight excluding hydrogens is 332 g/mol. The van der Waals surface area contributed by atoms with Crippen LogP contribution in [0.3, 0.4) is 0 Å². The maximum Gasteiger partial charge on any atom is 0.337 e. The summed E-state index contributed by atoms with van der Waals surface area (Å²) in [5.41, 5.74) is 1.22. The van der Waals surface area contributed by atoms with Gasteiger partial charge in [0.1, 0.15) is 0 Å². The van der Waals surface area contributed by atoms with Crippen molar-refractivity contribution in [3.63, 3.8) is 0 Å². The Morgan fingerprint density at radius 1 is 1.35 bits per heavy atom. The van der Waals surface area contributed by atoms with Crippen LogP contribution >= 0.6 is 23.8 Å². The van der Waals surface area contributed by atoms with Gasteiger partial charge in [-0.2, -0.15) is 0 Å². The fraction of sp³-hybridized carbons (Fsp3) is 0.529. The molecule has 6 heteroatoms. The third kappa shape index (κ3) is 3.61. The number of carbonyl (C=O) groups excluding carboxylic acids is 1. The smallest absolute Gasteiger partial charge is 0.337 e. The molecule has 0 radical (unpaired) electrons. The van der Waals surface area contributed by atoms with Crippen molar-refractivity contribution < 1.29 is 9.53 Å². The monoisotopic (exact) mass is 352 g/mol. The average Bonchev–Trinajstić information content (AvgIpc) is 3.30. The van der Waals surface area contributed by atoms with E-state index in [1.54, 1.807) is 18.2 Å². The number of anilines is 1. The zero-order valence-electron chi connectivity index (χ0n) is 13.2. The Bertz CT molecular complexity index is 625. The highest BCUT2D eigenvalue weighted by atomic mass is 35.5. The van der Waals surface area contributed by atoms with E-state index in [0.717, 1.165) is 5.92 Å². The first-order valence-electron chi connectivity index (χ1n) is 8.01. The van der Waals surface area contributed by atoms with Crippen LogP contribution in [0.1, 0.15) is 48.9 Å². The lowest BCUT2D eigenvalue weighted by Gasteiger charge is -2.32. The minimum absolute atomic E-state index is 0.149. The molecule has 0 amide bonds. The Hall–Kier alpha value is -1.33. The van der Waals surface area contributed by atoms with Gasteiger partial charge in [0.05, 0.1) is 23.4 Å². The van der Waals surface area contributed by atoms with Crippen LogP contribution in [-0.2, 0) is 4.74 Å². The van der Waals surface area contributed by atoms with E-state index >= 15 is 0 Å². The molecule has 0 heterocycles. The van der Waals surface area contributed by atoms with E-state index in [-0.39, 0.29) is 5.54 Å². The predicted octanol–water partition coefficient (Wildman–Crippen LogP) is 4.14. The van der Waals surface area contributed by atoms with E-state index < -0.39 is 5.97 Å². The first-order valence-corrected chi connectivity index (χ1v) is 8.80. The minimum Gasteiger partial charge on any atom is -0.465 e. The summed E-state index contributed by atoms with van der Waals surface area (Å²) in [6.07, 6.45) is 7.43. The number of benzene rings is 1. The van der Waals surface area contributed by atoms with Gasteiger partial charge >= 0.3 is 5.97 Å². The number of carbonyl (C=O) groups is 1. The molecule has 0 unspecified atom stereocenters. The van der Waals surface area contributed by atoms with E-state index in [2.05, 4.69) is 10.6 Å². The maximum absolute atomic E-state index is 11.6. The van der Waals surface area contributed by atoms with Crippen LogP contribution in [0.4, 0.5) is 5.69 Å². The number of thiocarbonyl (C=S) groups is 1. The van der Waals surface area contributed by atoms with E-state index in [4.69, 9.17) is 28.6 Å². The summed E-state index contributed by atoms with van der Waals surface area (Å²) in [5, 5.41) is 7.78. The van der Waals surface area contributed by atoms with Gasteiger partial charge in [0.2, 0.25) is 0 Å². The number of hydrogen-bond donors (Lipinski definition) is 2. The third-order valence-corrected chi connectivity index (χ3v) is 5.39. The fourth-order valence-corrected chi connectivity index (χ4v) is 4.00. The fourth-order valence-electron chi connectivity index (χ4n) is 3.52. The van der Waals surface area contributed by atoms with Crippen LogP contribution in [0.5, 0.6) is 0 Å². The number of methoxy groups -OCH3 is 1. The average molecular weight is 353 g/mol. The van der Waals surface area contributed by atoms with E-state index in [1.807, 2.05) is 0 Å². The van der Waals surface area contributed by atoms with Crippen molar-refractivity contribution in [1.29, 1.82) is 0 Å². The molecule has 0 aromatic heterocycles. The van der Waals surface area contributed by atoms with Crippen LogP contribution in [0, 0.1) is 5.92 Å². The molecule has 1 aromatic carbocycles. The van der Waals surface area contributed by atoms with Crippen molar-refractivity contribution in [3.8, 4) is 0 Å². The second kappa shape index (κ2) is 6.65. The van der Waals surface area contributed by atoms with Gasteiger partial charge < -0.3 is 15.4 Å². The second-order valence-corrected chi connectivity index (χ2v) is 7.22. The van der Waals surface area contributed by atoms with Gasteiger partial charge in [-0.3, -0.25) is 0 Å². The van der Waals surface area contributed by atoms with E-state index in [0.29, 0.717) is 21.4 Å². The zero-order valence-corrected chi connectivity index (χ0v) is 14.7. The molecule has 1 aromatic rings. The molecule has 2 saturated carbocycles. The van der Waals surface area contributed by atoms with Gasteiger partial charge in [-0.05, 0) is 62.0 Å². The minimum atomic E-state index is -0.395. The third-order valence-electron chi connectivity index (χ3n) is 4.85. The Morgan fingerprint density at radius 3 is 2.65 bits per heavy atom. The summed E-state index contributed by atoms with van der Waals surface area (Å²) in [6.45, 7) is 0. The summed E-state index contributed by atoms with van der Waals surface area (Å²) >= 11 is 11.7. The molecule has 0 bridgehead atoms. The Labute approximate surface area is 146 Å². The van der Waals surface area contributed by atoms with Crippen LogP contribution in [0.15, 0.2) is 18.2 Å². The quantitative estimate of drug-likeness (QED) is 0.630. The summed E-state index contributed by atoms with van der Waals surface area (Å²) in [6, 6.07) is 4.98. The highest BCUT2D eigenvalue weighted by molar-refractivity contribution is 7.80. The molecule has 2 aliphatic rings.